The minimum Gasteiger partial charge on any atom is -0.367 e. The van der Waals surface area contributed by atoms with E-state index in [1.54, 1.807) is 18.3 Å². The molecule has 2 aromatic heterocycles. The Labute approximate surface area is 127 Å². The van der Waals surface area contributed by atoms with Gasteiger partial charge >= 0.3 is 0 Å². The number of nitrogens with two attached hydrogens (primary N) is 1. The van der Waals surface area contributed by atoms with Gasteiger partial charge in [0.25, 0.3) is 5.56 Å². The topological polar surface area (TPSA) is 72.9 Å². The van der Waals surface area contributed by atoms with Gasteiger partial charge in [-0.25, -0.2) is 4.98 Å². The van der Waals surface area contributed by atoms with Crippen molar-refractivity contribution < 1.29 is 0 Å². The lowest BCUT2D eigenvalue weighted by Gasteiger charge is -2.14. The van der Waals surface area contributed by atoms with Crippen molar-refractivity contribution in [3.05, 3.63) is 52.0 Å². The molecule has 0 bridgehead atoms. The monoisotopic (exact) mass is 304 g/mol. The van der Waals surface area contributed by atoms with Crippen molar-refractivity contribution in [1.29, 1.82) is 0 Å². The highest BCUT2D eigenvalue weighted by atomic mass is 35.5. The van der Waals surface area contributed by atoms with E-state index in [-0.39, 0.29) is 11.6 Å². The maximum absolute atomic E-state index is 11.9. The molecule has 0 aliphatic heterocycles. The van der Waals surface area contributed by atoms with Gasteiger partial charge in [0.15, 0.2) is 0 Å². The molecular formula is C15H17ClN4O. The number of nitrogens with zero attached hydrogens (tertiary/aromatic N) is 2. The van der Waals surface area contributed by atoms with Gasteiger partial charge in [0.05, 0.1) is 11.9 Å². The van der Waals surface area contributed by atoms with Crippen LogP contribution in [0.2, 0.25) is 5.15 Å². The maximum Gasteiger partial charge on any atom is 0.256 e. The lowest BCUT2D eigenvalue weighted by atomic mass is 10.2. The van der Waals surface area contributed by atoms with Gasteiger partial charge < -0.3 is 11.1 Å². The Morgan fingerprint density at radius 2 is 2.14 bits per heavy atom. The van der Waals surface area contributed by atoms with Crippen LogP contribution in [0, 0.1) is 0 Å². The lowest BCUT2D eigenvalue weighted by molar-refractivity contribution is 0.686. The van der Waals surface area contributed by atoms with E-state index < -0.39 is 0 Å². The standard InChI is InChI=1S/C15H17ClN4O/c16-13-2-1-3-15(21)20(13)12-6-7-14(18-9-12)19-11-5-4-10(17)8-11/h1-3,6-7,9-11H,4-5,8,17H2,(H,18,19)/t10-,11-/m0/s1. The number of rotatable bonds is 3. The molecule has 21 heavy (non-hydrogen) atoms. The summed E-state index contributed by atoms with van der Waals surface area (Å²) in [5.74, 6) is 0.790. The first-order chi connectivity index (χ1) is 10.1. The summed E-state index contributed by atoms with van der Waals surface area (Å²) in [7, 11) is 0. The molecule has 0 unspecified atom stereocenters. The fourth-order valence-corrected chi connectivity index (χ4v) is 2.93. The Hall–Kier alpha value is -1.85. The molecule has 5 nitrogen and oxygen atoms in total. The van der Waals surface area contributed by atoms with Crippen LogP contribution in [0.15, 0.2) is 41.3 Å². The quantitative estimate of drug-likeness (QED) is 0.853. The summed E-state index contributed by atoms with van der Waals surface area (Å²) in [6, 6.07) is 9.12. The summed E-state index contributed by atoms with van der Waals surface area (Å²) >= 11 is 6.06. The molecule has 3 N–H and O–H groups in total. The van der Waals surface area contributed by atoms with E-state index in [9.17, 15) is 4.79 Å². The van der Waals surface area contributed by atoms with Crippen LogP contribution in [-0.2, 0) is 0 Å². The second-order valence-corrected chi connectivity index (χ2v) is 5.73. The van der Waals surface area contributed by atoms with Gasteiger partial charge in [0.2, 0.25) is 0 Å². The predicted molar refractivity (Wildman–Crippen MR) is 84.1 cm³/mol. The van der Waals surface area contributed by atoms with Crippen LogP contribution in [0.4, 0.5) is 5.82 Å². The predicted octanol–water partition coefficient (Wildman–Crippen LogP) is 2.18. The normalized spacial score (nSPS) is 21.4. The molecule has 1 saturated carbocycles. The first-order valence-corrected chi connectivity index (χ1v) is 7.37. The molecule has 1 fully saturated rings. The molecule has 2 atom stereocenters. The van der Waals surface area contributed by atoms with E-state index in [0.717, 1.165) is 25.1 Å². The smallest absolute Gasteiger partial charge is 0.256 e. The molecule has 110 valence electrons. The van der Waals surface area contributed by atoms with Gasteiger partial charge in [-0.05, 0) is 37.5 Å². The summed E-state index contributed by atoms with van der Waals surface area (Å²) in [6.45, 7) is 0. The van der Waals surface area contributed by atoms with Crippen LogP contribution in [0.1, 0.15) is 19.3 Å². The molecule has 0 aromatic carbocycles. The van der Waals surface area contributed by atoms with E-state index in [1.807, 2.05) is 12.1 Å². The number of pyridine rings is 2. The second kappa shape index (κ2) is 5.87. The highest BCUT2D eigenvalue weighted by molar-refractivity contribution is 6.29. The summed E-state index contributed by atoms with van der Waals surface area (Å²) in [5, 5.41) is 3.74. The van der Waals surface area contributed by atoms with E-state index >= 15 is 0 Å². The Morgan fingerprint density at radius 1 is 1.29 bits per heavy atom. The van der Waals surface area contributed by atoms with Crippen molar-refractivity contribution in [2.24, 2.45) is 5.73 Å². The average molecular weight is 305 g/mol. The fraction of sp³-hybridized carbons (Fsp3) is 0.333. The molecule has 2 aromatic rings. The molecule has 0 saturated heterocycles. The zero-order valence-electron chi connectivity index (χ0n) is 11.5. The largest absolute Gasteiger partial charge is 0.367 e. The zero-order valence-corrected chi connectivity index (χ0v) is 12.3. The van der Waals surface area contributed by atoms with E-state index in [1.165, 1.54) is 10.6 Å². The molecule has 0 radical (unpaired) electrons. The van der Waals surface area contributed by atoms with Crippen LogP contribution in [0.3, 0.4) is 0 Å². The highest BCUT2D eigenvalue weighted by Crippen LogP contribution is 2.21. The molecule has 0 amide bonds. The van der Waals surface area contributed by atoms with Gasteiger partial charge in [0, 0.05) is 18.2 Å². The van der Waals surface area contributed by atoms with Crippen LogP contribution < -0.4 is 16.6 Å². The third-order valence-corrected chi connectivity index (χ3v) is 4.03. The number of hydrogen-bond donors (Lipinski definition) is 2. The average Bonchev–Trinajstić information content (AvgIpc) is 2.86. The first kappa shape index (κ1) is 14.1. The van der Waals surface area contributed by atoms with Gasteiger partial charge in [-0.2, -0.15) is 0 Å². The number of halogens is 1. The number of aromatic nitrogens is 2. The summed E-state index contributed by atoms with van der Waals surface area (Å²) in [5.41, 5.74) is 6.38. The van der Waals surface area contributed by atoms with E-state index in [0.29, 0.717) is 16.9 Å². The second-order valence-electron chi connectivity index (χ2n) is 5.34. The molecule has 1 aliphatic rings. The van der Waals surface area contributed by atoms with Gasteiger partial charge in [-0.15, -0.1) is 0 Å². The minimum atomic E-state index is -0.174. The van der Waals surface area contributed by atoms with Gasteiger partial charge in [-0.3, -0.25) is 9.36 Å². The van der Waals surface area contributed by atoms with E-state index in [2.05, 4.69) is 10.3 Å². The lowest BCUT2D eigenvalue weighted by Crippen LogP contribution is -2.21. The highest BCUT2D eigenvalue weighted by Gasteiger charge is 2.21. The van der Waals surface area contributed by atoms with Crippen molar-refractivity contribution in [3.8, 4) is 5.69 Å². The van der Waals surface area contributed by atoms with Crippen LogP contribution >= 0.6 is 11.6 Å². The molecule has 2 heterocycles. The summed E-state index contributed by atoms with van der Waals surface area (Å²) < 4.78 is 1.42. The molecule has 1 aliphatic carbocycles. The minimum absolute atomic E-state index is 0.174. The molecule has 3 rings (SSSR count). The Kier molecular flexibility index (Phi) is 3.94. The maximum atomic E-state index is 11.9. The number of nitrogens with one attached hydrogen (secondary N) is 1. The zero-order chi connectivity index (χ0) is 14.8. The molecular weight excluding hydrogens is 288 g/mol. The van der Waals surface area contributed by atoms with E-state index in [4.69, 9.17) is 17.3 Å². The van der Waals surface area contributed by atoms with Crippen LogP contribution in [0.5, 0.6) is 0 Å². The van der Waals surface area contributed by atoms with Crippen molar-refractivity contribution in [3.63, 3.8) is 0 Å². The number of anilines is 1. The summed E-state index contributed by atoms with van der Waals surface area (Å²) in [4.78, 5) is 16.2. The summed E-state index contributed by atoms with van der Waals surface area (Å²) in [6.07, 6.45) is 4.72. The van der Waals surface area contributed by atoms with Crippen molar-refractivity contribution >= 4 is 17.4 Å². The third-order valence-electron chi connectivity index (χ3n) is 3.74. The fourth-order valence-electron chi connectivity index (χ4n) is 2.68. The first-order valence-electron chi connectivity index (χ1n) is 6.99. The van der Waals surface area contributed by atoms with Crippen molar-refractivity contribution in [2.45, 2.75) is 31.3 Å². The molecule has 6 heteroatoms. The Morgan fingerprint density at radius 3 is 2.76 bits per heavy atom. The Balaban J connectivity index is 1.79. The van der Waals surface area contributed by atoms with Crippen LogP contribution in [0.25, 0.3) is 5.69 Å². The van der Waals surface area contributed by atoms with Gasteiger partial charge in [0.1, 0.15) is 11.0 Å². The Bertz CT molecular complexity index is 683. The number of hydrogen-bond acceptors (Lipinski definition) is 4. The SMILES string of the molecule is N[C@H]1CC[C@H](Nc2ccc(-n3c(Cl)cccc3=O)cn2)C1. The van der Waals surface area contributed by atoms with Crippen molar-refractivity contribution in [2.75, 3.05) is 5.32 Å². The molecule has 0 spiro atoms. The van der Waals surface area contributed by atoms with Crippen molar-refractivity contribution in [1.82, 2.24) is 9.55 Å². The van der Waals surface area contributed by atoms with Crippen LogP contribution in [-0.4, -0.2) is 21.6 Å². The third kappa shape index (κ3) is 3.09. The van der Waals surface area contributed by atoms with Gasteiger partial charge in [-0.1, -0.05) is 17.7 Å².